The molecule has 0 radical (unpaired) electrons. The maximum Gasteiger partial charge on any atom is 0.410 e. The van der Waals surface area contributed by atoms with Crippen LogP contribution in [0.5, 0.6) is 0 Å². The van der Waals surface area contributed by atoms with Gasteiger partial charge in [-0.3, -0.25) is 0 Å². The molecule has 1 aromatic rings. The van der Waals surface area contributed by atoms with Crippen molar-refractivity contribution in [2.75, 3.05) is 18.4 Å². The molecule has 1 saturated heterocycles. The lowest BCUT2D eigenvalue weighted by Gasteiger charge is -2.24. The predicted molar refractivity (Wildman–Crippen MR) is 76.6 cm³/mol. The van der Waals surface area contributed by atoms with Crippen LogP contribution < -0.4 is 5.32 Å². The lowest BCUT2D eigenvalue weighted by Crippen LogP contribution is -2.36. The average molecular weight is 289 g/mol. The predicted octanol–water partition coefficient (Wildman–Crippen LogP) is 1.77. The SMILES string of the molecule is CC(C)(C)OC(=O)N1CCC(Nc2nccnc2C#N)C1. The summed E-state index contributed by atoms with van der Waals surface area (Å²) in [6, 6.07) is 2.04. The number of amides is 1. The van der Waals surface area contributed by atoms with Crippen molar-refractivity contribution in [2.45, 2.75) is 38.8 Å². The molecule has 1 atom stereocenters. The minimum atomic E-state index is -0.499. The van der Waals surface area contributed by atoms with E-state index in [1.165, 1.54) is 12.4 Å². The van der Waals surface area contributed by atoms with Gasteiger partial charge in [0.1, 0.15) is 11.7 Å². The number of likely N-dealkylation sites (tertiary alicyclic amines) is 1. The van der Waals surface area contributed by atoms with E-state index in [9.17, 15) is 4.79 Å². The summed E-state index contributed by atoms with van der Waals surface area (Å²) in [4.78, 5) is 21.7. The van der Waals surface area contributed by atoms with Gasteiger partial charge in [-0.2, -0.15) is 5.26 Å². The first-order valence-corrected chi connectivity index (χ1v) is 6.84. The van der Waals surface area contributed by atoms with Crippen molar-refractivity contribution in [1.29, 1.82) is 5.26 Å². The van der Waals surface area contributed by atoms with Crippen molar-refractivity contribution >= 4 is 11.9 Å². The zero-order valence-corrected chi connectivity index (χ0v) is 12.5. The molecule has 0 bridgehead atoms. The van der Waals surface area contributed by atoms with Gasteiger partial charge in [-0.05, 0) is 27.2 Å². The molecule has 1 amide bonds. The van der Waals surface area contributed by atoms with Crippen LogP contribution in [0.4, 0.5) is 10.6 Å². The molecule has 2 heterocycles. The quantitative estimate of drug-likeness (QED) is 0.892. The van der Waals surface area contributed by atoms with Gasteiger partial charge in [0.15, 0.2) is 11.5 Å². The summed E-state index contributed by atoms with van der Waals surface area (Å²) in [6.45, 7) is 6.67. The lowest BCUT2D eigenvalue weighted by atomic mass is 10.2. The Morgan fingerprint density at radius 3 is 2.86 bits per heavy atom. The van der Waals surface area contributed by atoms with Crippen LogP contribution in [0.25, 0.3) is 0 Å². The van der Waals surface area contributed by atoms with Gasteiger partial charge in [0.25, 0.3) is 0 Å². The number of hydrogen-bond donors (Lipinski definition) is 1. The molecule has 0 spiro atoms. The maximum absolute atomic E-state index is 12.0. The summed E-state index contributed by atoms with van der Waals surface area (Å²) in [7, 11) is 0. The van der Waals surface area contributed by atoms with Gasteiger partial charge in [0, 0.05) is 31.5 Å². The van der Waals surface area contributed by atoms with Crippen LogP contribution in [-0.2, 0) is 4.74 Å². The second kappa shape index (κ2) is 5.95. The van der Waals surface area contributed by atoms with Crippen molar-refractivity contribution < 1.29 is 9.53 Å². The van der Waals surface area contributed by atoms with Gasteiger partial charge in [-0.25, -0.2) is 14.8 Å². The van der Waals surface area contributed by atoms with E-state index < -0.39 is 5.60 Å². The number of ether oxygens (including phenoxy) is 1. The normalized spacial score (nSPS) is 18.2. The fraction of sp³-hybridized carbons (Fsp3) is 0.571. The highest BCUT2D eigenvalue weighted by molar-refractivity contribution is 5.68. The number of nitrogens with one attached hydrogen (secondary N) is 1. The molecule has 1 aliphatic rings. The van der Waals surface area contributed by atoms with E-state index in [1.54, 1.807) is 4.90 Å². The third kappa shape index (κ3) is 4.05. The topological polar surface area (TPSA) is 91.1 Å². The summed E-state index contributed by atoms with van der Waals surface area (Å²) in [5.41, 5.74) is -0.241. The van der Waals surface area contributed by atoms with Crippen LogP contribution in [-0.4, -0.2) is 45.7 Å². The van der Waals surface area contributed by atoms with E-state index in [0.717, 1.165) is 6.42 Å². The van der Waals surface area contributed by atoms with E-state index in [2.05, 4.69) is 15.3 Å². The van der Waals surface area contributed by atoms with Crippen molar-refractivity contribution in [2.24, 2.45) is 0 Å². The van der Waals surface area contributed by atoms with Crippen molar-refractivity contribution in [1.82, 2.24) is 14.9 Å². The number of nitrogens with zero attached hydrogens (tertiary/aromatic N) is 4. The number of carbonyl (C=O) groups is 1. The standard InChI is InChI=1S/C14H19N5O2/c1-14(2,3)21-13(20)19-7-4-10(9-19)18-12-11(8-15)16-5-6-17-12/h5-6,10H,4,7,9H2,1-3H3,(H,17,18). The van der Waals surface area contributed by atoms with Gasteiger partial charge in [-0.1, -0.05) is 0 Å². The lowest BCUT2D eigenvalue weighted by molar-refractivity contribution is 0.0293. The molecule has 21 heavy (non-hydrogen) atoms. The number of hydrogen-bond acceptors (Lipinski definition) is 6. The molecule has 0 aliphatic carbocycles. The van der Waals surface area contributed by atoms with E-state index in [1.807, 2.05) is 26.8 Å². The first-order valence-electron chi connectivity index (χ1n) is 6.84. The molecule has 1 fully saturated rings. The van der Waals surface area contributed by atoms with Crippen LogP contribution in [0.15, 0.2) is 12.4 Å². The highest BCUT2D eigenvalue weighted by atomic mass is 16.6. The van der Waals surface area contributed by atoms with Crippen LogP contribution in [0.1, 0.15) is 32.9 Å². The molecule has 1 unspecified atom stereocenters. The fourth-order valence-corrected chi connectivity index (χ4v) is 2.09. The van der Waals surface area contributed by atoms with Crippen LogP contribution >= 0.6 is 0 Å². The Bertz CT molecular complexity index is 561. The van der Waals surface area contributed by atoms with Crippen LogP contribution in [0, 0.1) is 11.3 Å². The van der Waals surface area contributed by atoms with Crippen LogP contribution in [0.2, 0.25) is 0 Å². The fourth-order valence-electron chi connectivity index (χ4n) is 2.09. The van der Waals surface area contributed by atoms with Crippen molar-refractivity contribution in [3.8, 4) is 6.07 Å². The number of nitriles is 1. The number of carbonyl (C=O) groups excluding carboxylic acids is 1. The molecule has 0 saturated carbocycles. The molecular formula is C14H19N5O2. The third-order valence-corrected chi connectivity index (χ3v) is 2.98. The summed E-state index contributed by atoms with van der Waals surface area (Å²) >= 11 is 0. The van der Waals surface area contributed by atoms with E-state index in [0.29, 0.717) is 18.9 Å². The second-order valence-electron chi connectivity index (χ2n) is 5.92. The smallest absolute Gasteiger partial charge is 0.410 e. The monoisotopic (exact) mass is 289 g/mol. The Morgan fingerprint density at radius 2 is 2.19 bits per heavy atom. The Morgan fingerprint density at radius 1 is 1.48 bits per heavy atom. The molecule has 1 aliphatic heterocycles. The zero-order chi connectivity index (χ0) is 15.5. The molecule has 7 nitrogen and oxygen atoms in total. The van der Waals surface area contributed by atoms with Gasteiger partial charge < -0.3 is 15.0 Å². The molecule has 2 rings (SSSR count). The first kappa shape index (κ1) is 15.0. The van der Waals surface area contributed by atoms with Gasteiger partial charge in [0.05, 0.1) is 0 Å². The number of rotatable bonds is 2. The molecule has 1 aromatic heterocycles. The Labute approximate surface area is 123 Å². The largest absolute Gasteiger partial charge is 0.444 e. The summed E-state index contributed by atoms with van der Waals surface area (Å²) < 4.78 is 5.34. The van der Waals surface area contributed by atoms with E-state index >= 15 is 0 Å². The van der Waals surface area contributed by atoms with Gasteiger partial charge >= 0.3 is 6.09 Å². The zero-order valence-electron chi connectivity index (χ0n) is 12.5. The maximum atomic E-state index is 12.0. The first-order chi connectivity index (χ1) is 9.89. The van der Waals surface area contributed by atoms with E-state index in [4.69, 9.17) is 10.00 Å². The minimum Gasteiger partial charge on any atom is -0.444 e. The molecule has 0 aromatic carbocycles. The summed E-state index contributed by atoms with van der Waals surface area (Å²) in [5, 5.41) is 12.1. The molecule has 7 heteroatoms. The highest BCUT2D eigenvalue weighted by Gasteiger charge is 2.30. The number of aromatic nitrogens is 2. The Balaban J connectivity index is 1.94. The molecule has 112 valence electrons. The number of anilines is 1. The van der Waals surface area contributed by atoms with Gasteiger partial charge in [-0.15, -0.1) is 0 Å². The van der Waals surface area contributed by atoms with Crippen molar-refractivity contribution in [3.05, 3.63) is 18.1 Å². The molecular weight excluding hydrogens is 270 g/mol. The van der Waals surface area contributed by atoms with Gasteiger partial charge in [0.2, 0.25) is 0 Å². The highest BCUT2D eigenvalue weighted by Crippen LogP contribution is 2.18. The summed E-state index contributed by atoms with van der Waals surface area (Å²) in [6.07, 6.45) is 3.47. The van der Waals surface area contributed by atoms with Crippen LogP contribution in [0.3, 0.4) is 0 Å². The molecule has 1 N–H and O–H groups in total. The second-order valence-corrected chi connectivity index (χ2v) is 5.92. The summed E-state index contributed by atoms with van der Waals surface area (Å²) in [5.74, 6) is 0.455. The Kier molecular flexibility index (Phi) is 4.26. The Hall–Kier alpha value is -2.36. The average Bonchev–Trinajstić information content (AvgIpc) is 2.86. The minimum absolute atomic E-state index is 0.0429. The van der Waals surface area contributed by atoms with E-state index in [-0.39, 0.29) is 17.8 Å². The third-order valence-electron chi connectivity index (χ3n) is 2.98. The van der Waals surface area contributed by atoms with Crippen molar-refractivity contribution in [3.63, 3.8) is 0 Å².